The first-order valence-corrected chi connectivity index (χ1v) is 8.66. The van der Waals surface area contributed by atoms with Crippen molar-refractivity contribution in [3.05, 3.63) is 78.5 Å². The Bertz CT molecular complexity index is 1110. The van der Waals surface area contributed by atoms with E-state index in [0.29, 0.717) is 22.8 Å². The molecule has 0 aliphatic rings. The molecule has 6 heteroatoms. The zero-order valence-electron chi connectivity index (χ0n) is 15.1. The van der Waals surface area contributed by atoms with Crippen LogP contribution in [0.2, 0.25) is 0 Å². The van der Waals surface area contributed by atoms with Crippen LogP contribution in [0.1, 0.15) is 5.56 Å². The van der Waals surface area contributed by atoms with Crippen molar-refractivity contribution in [3.63, 3.8) is 0 Å². The predicted octanol–water partition coefficient (Wildman–Crippen LogP) is 4.55. The maximum Gasteiger partial charge on any atom is 0.248 e. The molecule has 0 aliphatic carbocycles. The highest BCUT2D eigenvalue weighted by atomic mass is 16.5. The van der Waals surface area contributed by atoms with Crippen LogP contribution in [-0.2, 0) is 4.79 Å². The lowest BCUT2D eigenvalue weighted by atomic mass is 10.2. The Morgan fingerprint density at radius 3 is 2.75 bits per heavy atom. The maximum atomic E-state index is 12.2. The molecule has 28 heavy (non-hydrogen) atoms. The van der Waals surface area contributed by atoms with Crippen LogP contribution in [-0.4, -0.2) is 23.0 Å². The van der Waals surface area contributed by atoms with Gasteiger partial charge in [-0.3, -0.25) is 4.79 Å². The molecule has 1 amide bonds. The highest BCUT2D eigenvalue weighted by molar-refractivity contribution is 6.02. The van der Waals surface area contributed by atoms with E-state index in [9.17, 15) is 4.79 Å². The first-order chi connectivity index (χ1) is 13.7. The number of nitrogens with zero attached hydrogens (tertiary/aromatic N) is 2. The van der Waals surface area contributed by atoms with Gasteiger partial charge in [0, 0.05) is 23.5 Å². The Morgan fingerprint density at radius 2 is 1.96 bits per heavy atom. The monoisotopic (exact) mass is 371 g/mol. The number of amides is 1. The third-order valence-corrected chi connectivity index (χ3v) is 4.08. The second-order valence-electron chi connectivity index (χ2n) is 6.02. The summed E-state index contributed by atoms with van der Waals surface area (Å²) in [5, 5.41) is 2.84. The van der Waals surface area contributed by atoms with E-state index in [1.807, 2.05) is 54.6 Å². The summed E-state index contributed by atoms with van der Waals surface area (Å²) in [6.45, 7) is 0. The highest BCUT2D eigenvalue weighted by Crippen LogP contribution is 2.25. The Morgan fingerprint density at radius 1 is 1.11 bits per heavy atom. The van der Waals surface area contributed by atoms with Crippen molar-refractivity contribution < 1.29 is 13.9 Å². The summed E-state index contributed by atoms with van der Waals surface area (Å²) in [4.78, 5) is 20.8. The number of hydrogen-bond donors (Lipinski definition) is 1. The first-order valence-electron chi connectivity index (χ1n) is 8.66. The SMILES string of the molecule is COc1ccc(C=CC(=O)Nc2cccc(-c3nc4ncccc4o3)c2)cc1. The molecule has 0 radical (unpaired) electrons. The fourth-order valence-electron chi connectivity index (χ4n) is 2.69. The van der Waals surface area contributed by atoms with Gasteiger partial charge < -0.3 is 14.5 Å². The standard InChI is InChI=1S/C22H17N3O3/c1-27-18-10-7-15(8-11-18)9-12-20(26)24-17-5-2-4-16(14-17)22-25-21-19(28-22)6-3-13-23-21/h2-14H,1H3,(H,24,26). The lowest BCUT2D eigenvalue weighted by Crippen LogP contribution is -2.07. The molecule has 0 aliphatic heterocycles. The number of hydrogen-bond acceptors (Lipinski definition) is 5. The van der Waals surface area contributed by atoms with Crippen LogP contribution < -0.4 is 10.1 Å². The van der Waals surface area contributed by atoms with Crippen molar-refractivity contribution >= 4 is 28.9 Å². The van der Waals surface area contributed by atoms with Crippen molar-refractivity contribution in [1.82, 2.24) is 9.97 Å². The van der Waals surface area contributed by atoms with Crippen LogP contribution in [0.5, 0.6) is 5.75 Å². The number of rotatable bonds is 5. The van der Waals surface area contributed by atoms with Gasteiger partial charge in [-0.2, -0.15) is 4.98 Å². The molecule has 0 fully saturated rings. The Hall–Kier alpha value is -3.93. The van der Waals surface area contributed by atoms with Gasteiger partial charge in [-0.15, -0.1) is 0 Å². The lowest BCUT2D eigenvalue weighted by Gasteiger charge is -2.04. The number of carbonyl (C=O) groups excluding carboxylic acids is 1. The van der Waals surface area contributed by atoms with Gasteiger partial charge in [0.25, 0.3) is 0 Å². The number of nitrogens with one attached hydrogen (secondary N) is 1. The van der Waals surface area contributed by atoms with Crippen molar-refractivity contribution in [3.8, 4) is 17.2 Å². The summed E-state index contributed by atoms with van der Waals surface area (Å²) < 4.78 is 10.8. The molecule has 138 valence electrons. The van der Waals surface area contributed by atoms with Gasteiger partial charge in [-0.25, -0.2) is 4.98 Å². The molecular weight excluding hydrogens is 354 g/mol. The quantitative estimate of drug-likeness (QED) is 0.521. The van der Waals surface area contributed by atoms with E-state index in [1.165, 1.54) is 6.08 Å². The molecule has 1 N–H and O–H groups in total. The average molecular weight is 371 g/mol. The number of fused-ring (bicyclic) bond motifs is 1. The molecule has 0 unspecified atom stereocenters. The normalized spacial score (nSPS) is 11.0. The van der Waals surface area contributed by atoms with Crippen molar-refractivity contribution in [2.24, 2.45) is 0 Å². The number of methoxy groups -OCH3 is 1. The molecule has 0 bridgehead atoms. The molecule has 2 heterocycles. The van der Waals surface area contributed by atoms with Crippen molar-refractivity contribution in [1.29, 1.82) is 0 Å². The molecule has 0 saturated heterocycles. The van der Waals surface area contributed by atoms with E-state index in [2.05, 4.69) is 15.3 Å². The molecule has 2 aromatic carbocycles. The molecular formula is C22H17N3O3. The molecule has 4 rings (SSSR count). The van der Waals surface area contributed by atoms with Gasteiger partial charge in [0.1, 0.15) is 5.75 Å². The van der Waals surface area contributed by atoms with Gasteiger partial charge in [-0.05, 0) is 54.1 Å². The smallest absolute Gasteiger partial charge is 0.248 e. The molecule has 0 spiro atoms. The minimum absolute atomic E-state index is 0.229. The number of pyridine rings is 1. The summed E-state index contributed by atoms with van der Waals surface area (Å²) in [5.74, 6) is 0.999. The largest absolute Gasteiger partial charge is 0.497 e. The first kappa shape index (κ1) is 17.5. The van der Waals surface area contributed by atoms with Crippen LogP contribution in [0.3, 0.4) is 0 Å². The van der Waals surface area contributed by atoms with Crippen LogP contribution in [0.15, 0.2) is 77.4 Å². The van der Waals surface area contributed by atoms with Crippen molar-refractivity contribution in [2.75, 3.05) is 12.4 Å². The van der Waals surface area contributed by atoms with E-state index in [4.69, 9.17) is 9.15 Å². The lowest BCUT2D eigenvalue weighted by molar-refractivity contribution is -0.111. The van der Waals surface area contributed by atoms with Gasteiger partial charge in [0.15, 0.2) is 11.2 Å². The average Bonchev–Trinajstić information content (AvgIpc) is 3.17. The van der Waals surface area contributed by atoms with Gasteiger partial charge in [0.2, 0.25) is 11.8 Å². The number of oxazole rings is 1. The fourth-order valence-corrected chi connectivity index (χ4v) is 2.69. The van der Waals surface area contributed by atoms with E-state index < -0.39 is 0 Å². The van der Waals surface area contributed by atoms with Gasteiger partial charge in [-0.1, -0.05) is 18.2 Å². The summed E-state index contributed by atoms with van der Waals surface area (Å²) in [6, 6.07) is 18.4. The number of aromatic nitrogens is 2. The second-order valence-corrected chi connectivity index (χ2v) is 6.02. The van der Waals surface area contributed by atoms with E-state index >= 15 is 0 Å². The Kier molecular flexibility index (Phi) is 4.84. The number of carbonyl (C=O) groups is 1. The third-order valence-electron chi connectivity index (χ3n) is 4.08. The summed E-state index contributed by atoms with van der Waals surface area (Å²) in [7, 11) is 1.61. The van der Waals surface area contributed by atoms with E-state index in [-0.39, 0.29) is 5.91 Å². The summed E-state index contributed by atoms with van der Waals surface area (Å²) in [6.07, 6.45) is 4.89. The van der Waals surface area contributed by atoms with Crippen LogP contribution in [0.4, 0.5) is 5.69 Å². The second kappa shape index (κ2) is 7.75. The van der Waals surface area contributed by atoms with Crippen LogP contribution >= 0.6 is 0 Å². The van der Waals surface area contributed by atoms with E-state index in [1.54, 1.807) is 25.4 Å². The fraction of sp³-hybridized carbons (Fsp3) is 0.0455. The van der Waals surface area contributed by atoms with E-state index in [0.717, 1.165) is 16.9 Å². The molecule has 0 atom stereocenters. The molecule has 0 saturated carbocycles. The Balaban J connectivity index is 1.48. The zero-order chi connectivity index (χ0) is 19.3. The number of benzene rings is 2. The summed E-state index contributed by atoms with van der Waals surface area (Å²) >= 11 is 0. The Labute approximate surface area is 161 Å². The molecule has 6 nitrogen and oxygen atoms in total. The third kappa shape index (κ3) is 3.91. The number of anilines is 1. The van der Waals surface area contributed by atoms with Crippen LogP contribution in [0.25, 0.3) is 28.8 Å². The number of ether oxygens (including phenoxy) is 1. The predicted molar refractivity (Wildman–Crippen MR) is 108 cm³/mol. The molecule has 4 aromatic rings. The maximum absolute atomic E-state index is 12.2. The zero-order valence-corrected chi connectivity index (χ0v) is 15.1. The van der Waals surface area contributed by atoms with Gasteiger partial charge >= 0.3 is 0 Å². The minimum atomic E-state index is -0.229. The highest BCUT2D eigenvalue weighted by Gasteiger charge is 2.09. The van der Waals surface area contributed by atoms with Crippen molar-refractivity contribution in [2.45, 2.75) is 0 Å². The van der Waals surface area contributed by atoms with Gasteiger partial charge in [0.05, 0.1) is 7.11 Å². The van der Waals surface area contributed by atoms with Crippen LogP contribution in [0, 0.1) is 0 Å². The minimum Gasteiger partial charge on any atom is -0.497 e. The topological polar surface area (TPSA) is 77.2 Å². The molecule has 2 aromatic heterocycles. The summed E-state index contributed by atoms with van der Waals surface area (Å²) in [5.41, 5.74) is 3.49.